The smallest absolute Gasteiger partial charge is 0.256 e. The first-order chi connectivity index (χ1) is 12.9. The first kappa shape index (κ1) is 17.9. The van der Waals surface area contributed by atoms with Crippen molar-refractivity contribution in [1.29, 1.82) is 0 Å². The standard InChI is InChI=1S/C19H21N3O4S/c1-3-26-14-5-7-15(8-6-14)27(24,25)21-10-11-22-17(12-21)18-16(19(22)23)9-4-13(2)20-18/h4-9,17H,3,10-12H2,1-2H3/t17-/m0/s1. The van der Waals surface area contributed by atoms with Gasteiger partial charge in [0.2, 0.25) is 10.0 Å². The number of fused-ring (bicyclic) bond motifs is 3. The first-order valence-corrected chi connectivity index (χ1v) is 10.4. The maximum Gasteiger partial charge on any atom is 0.256 e. The lowest BCUT2D eigenvalue weighted by Crippen LogP contribution is -2.49. The van der Waals surface area contributed by atoms with Crippen LogP contribution in [0.15, 0.2) is 41.3 Å². The Bertz CT molecular complexity index is 989. The number of amides is 1. The van der Waals surface area contributed by atoms with Crippen LogP contribution in [0, 0.1) is 6.92 Å². The zero-order valence-electron chi connectivity index (χ0n) is 15.3. The molecule has 0 saturated carbocycles. The van der Waals surface area contributed by atoms with Gasteiger partial charge < -0.3 is 9.64 Å². The van der Waals surface area contributed by atoms with Gasteiger partial charge in [-0.15, -0.1) is 0 Å². The highest BCUT2D eigenvalue weighted by molar-refractivity contribution is 7.89. The van der Waals surface area contributed by atoms with Crippen LogP contribution >= 0.6 is 0 Å². The number of rotatable bonds is 4. The van der Waals surface area contributed by atoms with Crippen LogP contribution in [0.4, 0.5) is 0 Å². The predicted molar refractivity (Wildman–Crippen MR) is 99.1 cm³/mol. The van der Waals surface area contributed by atoms with Gasteiger partial charge in [-0.2, -0.15) is 4.31 Å². The maximum absolute atomic E-state index is 13.1. The van der Waals surface area contributed by atoms with Crippen LogP contribution in [0.5, 0.6) is 5.75 Å². The van der Waals surface area contributed by atoms with Crippen molar-refractivity contribution in [1.82, 2.24) is 14.2 Å². The lowest BCUT2D eigenvalue weighted by atomic mass is 10.1. The molecule has 2 aromatic rings. The number of hydrogen-bond acceptors (Lipinski definition) is 5. The van der Waals surface area contributed by atoms with Gasteiger partial charge in [0.05, 0.1) is 28.8 Å². The molecule has 142 valence electrons. The van der Waals surface area contributed by atoms with Gasteiger partial charge in [0.1, 0.15) is 5.75 Å². The molecule has 0 aliphatic carbocycles. The number of piperazine rings is 1. The summed E-state index contributed by atoms with van der Waals surface area (Å²) in [6.07, 6.45) is 0. The number of aryl methyl sites for hydroxylation is 1. The van der Waals surface area contributed by atoms with E-state index in [0.717, 1.165) is 5.69 Å². The molecule has 0 unspecified atom stereocenters. The monoisotopic (exact) mass is 387 g/mol. The summed E-state index contributed by atoms with van der Waals surface area (Å²) in [4.78, 5) is 19.0. The molecule has 2 aliphatic rings. The molecule has 0 N–H and O–H groups in total. The average molecular weight is 387 g/mol. The third kappa shape index (κ3) is 2.98. The Hall–Kier alpha value is -2.45. The van der Waals surface area contributed by atoms with Crippen molar-refractivity contribution in [3.8, 4) is 5.75 Å². The highest BCUT2D eigenvalue weighted by Crippen LogP contribution is 2.36. The molecule has 7 nitrogen and oxygen atoms in total. The highest BCUT2D eigenvalue weighted by atomic mass is 32.2. The van der Waals surface area contributed by atoms with Crippen LogP contribution in [0.1, 0.15) is 34.7 Å². The van der Waals surface area contributed by atoms with Gasteiger partial charge in [0.25, 0.3) is 5.91 Å². The van der Waals surface area contributed by atoms with E-state index in [1.165, 1.54) is 4.31 Å². The number of hydrogen-bond donors (Lipinski definition) is 0. The molecule has 1 saturated heterocycles. The molecule has 4 rings (SSSR count). The molecular formula is C19H21N3O4S. The molecule has 3 heterocycles. The third-order valence-corrected chi connectivity index (χ3v) is 6.87. The number of pyridine rings is 1. The van der Waals surface area contributed by atoms with E-state index in [-0.39, 0.29) is 29.9 Å². The fourth-order valence-corrected chi connectivity index (χ4v) is 5.08. The van der Waals surface area contributed by atoms with Crippen molar-refractivity contribution in [2.24, 2.45) is 0 Å². The Kier molecular flexibility index (Phi) is 4.39. The Morgan fingerprint density at radius 2 is 1.89 bits per heavy atom. The minimum Gasteiger partial charge on any atom is -0.494 e. The normalized spacial score (nSPS) is 19.7. The number of nitrogens with zero attached hydrogens (tertiary/aromatic N) is 3. The van der Waals surface area contributed by atoms with Crippen molar-refractivity contribution in [2.75, 3.05) is 26.2 Å². The zero-order valence-corrected chi connectivity index (χ0v) is 16.1. The summed E-state index contributed by atoms with van der Waals surface area (Å²) in [5.41, 5.74) is 2.06. The Morgan fingerprint density at radius 1 is 1.15 bits per heavy atom. The van der Waals surface area contributed by atoms with Crippen molar-refractivity contribution in [3.63, 3.8) is 0 Å². The topological polar surface area (TPSA) is 79.8 Å². The second kappa shape index (κ2) is 6.61. The van der Waals surface area contributed by atoms with E-state index in [9.17, 15) is 13.2 Å². The molecular weight excluding hydrogens is 366 g/mol. The minimum atomic E-state index is -3.65. The molecule has 1 amide bonds. The summed E-state index contributed by atoms with van der Waals surface area (Å²) in [6, 6.07) is 9.69. The third-order valence-electron chi connectivity index (χ3n) is 4.99. The van der Waals surface area contributed by atoms with Crippen molar-refractivity contribution < 1.29 is 17.9 Å². The summed E-state index contributed by atoms with van der Waals surface area (Å²) in [5, 5.41) is 0. The molecule has 1 aromatic heterocycles. The highest BCUT2D eigenvalue weighted by Gasteiger charge is 2.44. The Balaban J connectivity index is 1.62. The molecule has 0 bridgehead atoms. The Morgan fingerprint density at radius 3 is 2.59 bits per heavy atom. The van der Waals surface area contributed by atoms with E-state index in [4.69, 9.17) is 4.74 Å². The lowest BCUT2D eigenvalue weighted by molar-refractivity contribution is 0.0625. The van der Waals surface area contributed by atoms with Gasteiger partial charge in [0.15, 0.2) is 0 Å². The molecule has 0 radical (unpaired) electrons. The van der Waals surface area contributed by atoms with Crippen LogP contribution in [0.25, 0.3) is 0 Å². The van der Waals surface area contributed by atoms with Crippen LogP contribution in [-0.4, -0.2) is 54.8 Å². The first-order valence-electron chi connectivity index (χ1n) is 8.93. The van der Waals surface area contributed by atoms with E-state index >= 15 is 0 Å². The van der Waals surface area contributed by atoms with E-state index in [1.807, 2.05) is 19.9 Å². The maximum atomic E-state index is 13.1. The summed E-state index contributed by atoms with van der Waals surface area (Å²) < 4.78 is 33.0. The summed E-state index contributed by atoms with van der Waals surface area (Å²) in [5.74, 6) is 0.567. The lowest BCUT2D eigenvalue weighted by Gasteiger charge is -2.36. The molecule has 1 aromatic carbocycles. The van der Waals surface area contributed by atoms with Gasteiger partial charge >= 0.3 is 0 Å². The molecule has 1 fully saturated rings. The molecule has 1 atom stereocenters. The molecule has 8 heteroatoms. The number of carbonyl (C=O) groups excluding carboxylic acids is 1. The van der Waals surface area contributed by atoms with Crippen LogP contribution < -0.4 is 4.74 Å². The minimum absolute atomic E-state index is 0.0689. The Labute approximate surface area is 158 Å². The van der Waals surface area contributed by atoms with E-state index in [0.29, 0.717) is 30.2 Å². The number of ether oxygens (including phenoxy) is 1. The zero-order chi connectivity index (χ0) is 19.2. The van der Waals surface area contributed by atoms with Gasteiger partial charge in [-0.1, -0.05) is 0 Å². The van der Waals surface area contributed by atoms with Gasteiger partial charge in [-0.3, -0.25) is 9.78 Å². The van der Waals surface area contributed by atoms with Crippen LogP contribution in [0.2, 0.25) is 0 Å². The van der Waals surface area contributed by atoms with E-state index in [2.05, 4.69) is 4.98 Å². The van der Waals surface area contributed by atoms with Gasteiger partial charge in [0, 0.05) is 25.3 Å². The van der Waals surface area contributed by atoms with Crippen molar-refractivity contribution in [3.05, 3.63) is 53.3 Å². The molecule has 27 heavy (non-hydrogen) atoms. The molecule has 2 aliphatic heterocycles. The number of aromatic nitrogens is 1. The molecule has 0 spiro atoms. The van der Waals surface area contributed by atoms with Crippen LogP contribution in [0.3, 0.4) is 0 Å². The van der Waals surface area contributed by atoms with E-state index in [1.54, 1.807) is 35.2 Å². The SMILES string of the molecule is CCOc1ccc(S(=O)(=O)N2CCN3C(=O)c4ccc(C)nc4[C@@H]3C2)cc1. The van der Waals surface area contributed by atoms with Gasteiger partial charge in [-0.05, 0) is 50.2 Å². The van der Waals surface area contributed by atoms with Crippen LogP contribution in [-0.2, 0) is 10.0 Å². The fraction of sp³-hybridized carbons (Fsp3) is 0.368. The van der Waals surface area contributed by atoms with Gasteiger partial charge in [-0.25, -0.2) is 8.42 Å². The largest absolute Gasteiger partial charge is 0.494 e. The fourth-order valence-electron chi connectivity index (χ4n) is 3.64. The predicted octanol–water partition coefficient (Wildman–Crippen LogP) is 1.99. The quantitative estimate of drug-likeness (QED) is 0.802. The number of sulfonamides is 1. The number of carbonyl (C=O) groups is 1. The van der Waals surface area contributed by atoms with Crippen molar-refractivity contribution in [2.45, 2.75) is 24.8 Å². The second-order valence-electron chi connectivity index (χ2n) is 6.67. The summed E-state index contributed by atoms with van der Waals surface area (Å²) in [6.45, 7) is 5.10. The summed E-state index contributed by atoms with van der Waals surface area (Å²) >= 11 is 0. The summed E-state index contributed by atoms with van der Waals surface area (Å²) in [7, 11) is -3.65. The number of benzene rings is 1. The second-order valence-corrected chi connectivity index (χ2v) is 8.61. The van der Waals surface area contributed by atoms with Crippen molar-refractivity contribution >= 4 is 15.9 Å². The van der Waals surface area contributed by atoms with E-state index < -0.39 is 10.0 Å². The average Bonchev–Trinajstić information content (AvgIpc) is 2.94.